The first-order valence-corrected chi connectivity index (χ1v) is 12.8. The summed E-state index contributed by atoms with van der Waals surface area (Å²) in [6, 6.07) is 12.8. The highest BCUT2D eigenvalue weighted by atomic mass is 32.2. The first kappa shape index (κ1) is 23.2. The first-order valence-electron chi connectivity index (χ1n) is 11.2. The summed E-state index contributed by atoms with van der Waals surface area (Å²) in [6.07, 6.45) is 3.17. The van der Waals surface area contributed by atoms with Gasteiger partial charge in [-0.05, 0) is 36.2 Å². The first-order chi connectivity index (χ1) is 15.9. The van der Waals surface area contributed by atoms with Crippen LogP contribution in [0.2, 0.25) is 0 Å². The van der Waals surface area contributed by atoms with Crippen molar-refractivity contribution >= 4 is 27.7 Å². The summed E-state index contributed by atoms with van der Waals surface area (Å²) in [5.41, 5.74) is 1.34. The Kier molecular flexibility index (Phi) is 7.24. The minimum atomic E-state index is -3.47. The monoisotopic (exact) mass is 471 g/mol. The second kappa shape index (κ2) is 10.3. The van der Waals surface area contributed by atoms with E-state index in [0.29, 0.717) is 44.7 Å². The molecule has 0 saturated carbocycles. The van der Waals surface area contributed by atoms with Crippen LogP contribution in [0.4, 0.5) is 5.82 Å². The quantitative estimate of drug-likeness (QED) is 0.618. The summed E-state index contributed by atoms with van der Waals surface area (Å²) in [6.45, 7) is 3.20. The van der Waals surface area contributed by atoms with E-state index in [0.717, 1.165) is 24.3 Å². The topological polar surface area (TPSA) is 103 Å². The average Bonchev–Trinajstić information content (AvgIpc) is 3.24. The van der Waals surface area contributed by atoms with Crippen molar-refractivity contribution in [2.75, 3.05) is 49.9 Å². The van der Waals surface area contributed by atoms with Crippen LogP contribution in [0.5, 0.6) is 0 Å². The molecular formula is C23H29N5O4S. The second-order valence-corrected chi connectivity index (χ2v) is 10.4. The molecule has 176 valence electrons. The number of piperazine rings is 1. The van der Waals surface area contributed by atoms with Gasteiger partial charge in [0.1, 0.15) is 5.82 Å². The number of aromatic nitrogens is 1. The maximum atomic E-state index is 12.7. The number of benzene rings is 1. The number of hydrogen-bond acceptors (Lipinski definition) is 6. The summed E-state index contributed by atoms with van der Waals surface area (Å²) in [4.78, 5) is 32.6. The highest BCUT2D eigenvalue weighted by Gasteiger charge is 2.27. The summed E-state index contributed by atoms with van der Waals surface area (Å²) in [5.74, 6) is 0.512. The van der Waals surface area contributed by atoms with E-state index in [1.165, 1.54) is 4.31 Å². The van der Waals surface area contributed by atoms with Gasteiger partial charge in [-0.1, -0.05) is 18.2 Å². The molecule has 0 bridgehead atoms. The number of nitrogens with one attached hydrogen (secondary N) is 1. The van der Waals surface area contributed by atoms with E-state index in [-0.39, 0.29) is 24.1 Å². The average molecular weight is 472 g/mol. The Morgan fingerprint density at radius 1 is 1.03 bits per heavy atom. The van der Waals surface area contributed by atoms with Crippen molar-refractivity contribution < 1.29 is 18.0 Å². The molecule has 0 aliphatic carbocycles. The van der Waals surface area contributed by atoms with Gasteiger partial charge in [0, 0.05) is 64.0 Å². The van der Waals surface area contributed by atoms with Gasteiger partial charge in [-0.3, -0.25) is 9.59 Å². The maximum Gasteiger partial charge on any atom is 0.251 e. The van der Waals surface area contributed by atoms with Crippen LogP contribution < -0.4 is 10.2 Å². The van der Waals surface area contributed by atoms with Gasteiger partial charge < -0.3 is 15.1 Å². The summed E-state index contributed by atoms with van der Waals surface area (Å²) < 4.78 is 26.9. The zero-order chi connectivity index (χ0) is 23.3. The fraction of sp³-hybridized carbons (Fsp3) is 0.435. The number of carbonyl (C=O) groups excluding carboxylic acids is 2. The zero-order valence-corrected chi connectivity index (χ0v) is 19.3. The minimum Gasteiger partial charge on any atom is -0.354 e. The molecular weight excluding hydrogens is 442 g/mol. The fourth-order valence-corrected chi connectivity index (χ4v) is 5.50. The van der Waals surface area contributed by atoms with Crippen LogP contribution >= 0.6 is 0 Å². The van der Waals surface area contributed by atoms with Crippen LogP contribution in [0.15, 0.2) is 48.7 Å². The number of anilines is 1. The molecule has 1 aromatic heterocycles. The van der Waals surface area contributed by atoms with E-state index in [4.69, 9.17) is 0 Å². The van der Waals surface area contributed by atoms with Gasteiger partial charge in [0.25, 0.3) is 5.91 Å². The molecule has 2 aliphatic rings. The largest absolute Gasteiger partial charge is 0.354 e. The molecule has 2 aliphatic heterocycles. The third kappa shape index (κ3) is 5.88. The van der Waals surface area contributed by atoms with Gasteiger partial charge in [0.15, 0.2) is 0 Å². The van der Waals surface area contributed by atoms with Gasteiger partial charge >= 0.3 is 0 Å². The summed E-state index contributed by atoms with van der Waals surface area (Å²) in [7, 11) is -3.47. The second-order valence-electron chi connectivity index (χ2n) is 8.27. The lowest BCUT2D eigenvalue weighted by Gasteiger charge is -2.34. The molecule has 0 radical (unpaired) electrons. The molecule has 0 unspecified atom stereocenters. The molecule has 9 nitrogen and oxygen atoms in total. The molecule has 4 rings (SSSR count). The van der Waals surface area contributed by atoms with Gasteiger partial charge in [-0.25, -0.2) is 13.4 Å². The lowest BCUT2D eigenvalue weighted by Crippen LogP contribution is -2.50. The number of sulfonamides is 1. The Balaban J connectivity index is 1.25. The summed E-state index contributed by atoms with van der Waals surface area (Å²) in [5, 5.41) is 2.71. The molecule has 10 heteroatoms. The summed E-state index contributed by atoms with van der Waals surface area (Å²) >= 11 is 0. The van der Waals surface area contributed by atoms with E-state index in [1.807, 2.05) is 24.3 Å². The van der Waals surface area contributed by atoms with Crippen LogP contribution in [-0.4, -0.2) is 79.4 Å². The molecule has 0 spiro atoms. The number of pyridine rings is 1. The van der Waals surface area contributed by atoms with Crippen LogP contribution in [0.25, 0.3) is 0 Å². The van der Waals surface area contributed by atoms with Crippen LogP contribution in [0, 0.1) is 0 Å². The van der Waals surface area contributed by atoms with Crippen LogP contribution in [0.3, 0.4) is 0 Å². The molecule has 33 heavy (non-hydrogen) atoms. The number of carbonyl (C=O) groups is 2. The number of nitrogens with zero attached hydrogens (tertiary/aromatic N) is 4. The van der Waals surface area contributed by atoms with Gasteiger partial charge in [-0.15, -0.1) is 0 Å². The molecule has 0 atom stereocenters. The van der Waals surface area contributed by atoms with E-state index in [2.05, 4.69) is 15.2 Å². The molecule has 2 aromatic rings. The van der Waals surface area contributed by atoms with Crippen molar-refractivity contribution in [3.63, 3.8) is 0 Å². The highest BCUT2D eigenvalue weighted by molar-refractivity contribution is 7.89. The molecule has 2 saturated heterocycles. The van der Waals surface area contributed by atoms with Gasteiger partial charge in [0.05, 0.1) is 5.75 Å². The lowest BCUT2D eigenvalue weighted by molar-refractivity contribution is -0.128. The standard InChI is InChI=1S/C23H29N5O4S/c29-22-8-4-11-27(22)18-19-5-3-6-20(17-19)23(30)25-10-16-33(31,32)28-14-12-26(13-15-28)21-7-1-2-9-24-21/h1-3,5-7,9,17H,4,8,10-16,18H2,(H,25,30). The zero-order valence-electron chi connectivity index (χ0n) is 18.5. The Hall–Kier alpha value is -2.98. The van der Waals surface area contributed by atoms with Crippen molar-refractivity contribution in [2.24, 2.45) is 0 Å². The third-order valence-electron chi connectivity index (χ3n) is 5.98. The predicted molar refractivity (Wildman–Crippen MR) is 125 cm³/mol. The van der Waals surface area contributed by atoms with Crippen molar-refractivity contribution in [1.29, 1.82) is 0 Å². The normalized spacial score (nSPS) is 17.4. The maximum absolute atomic E-state index is 12.7. The molecule has 2 amide bonds. The van der Waals surface area contributed by atoms with Gasteiger partial charge in [-0.2, -0.15) is 4.31 Å². The third-order valence-corrected chi connectivity index (χ3v) is 7.86. The Morgan fingerprint density at radius 2 is 1.85 bits per heavy atom. The lowest BCUT2D eigenvalue weighted by atomic mass is 10.1. The van der Waals surface area contributed by atoms with Gasteiger partial charge in [0.2, 0.25) is 15.9 Å². The highest BCUT2D eigenvalue weighted by Crippen LogP contribution is 2.16. The van der Waals surface area contributed by atoms with E-state index >= 15 is 0 Å². The van der Waals surface area contributed by atoms with E-state index in [1.54, 1.807) is 29.3 Å². The van der Waals surface area contributed by atoms with E-state index in [9.17, 15) is 18.0 Å². The van der Waals surface area contributed by atoms with Crippen molar-refractivity contribution in [1.82, 2.24) is 19.5 Å². The van der Waals surface area contributed by atoms with Crippen molar-refractivity contribution in [2.45, 2.75) is 19.4 Å². The number of hydrogen-bond donors (Lipinski definition) is 1. The smallest absolute Gasteiger partial charge is 0.251 e. The number of likely N-dealkylation sites (tertiary alicyclic amines) is 1. The molecule has 3 heterocycles. The van der Waals surface area contributed by atoms with E-state index < -0.39 is 10.0 Å². The minimum absolute atomic E-state index is 0.0382. The SMILES string of the molecule is O=C(NCCS(=O)(=O)N1CCN(c2ccccn2)CC1)c1cccc(CN2CCCC2=O)c1. The molecule has 2 fully saturated rings. The Bertz CT molecular complexity index is 1090. The molecule has 1 N–H and O–H groups in total. The van der Waals surface area contributed by atoms with Crippen LogP contribution in [-0.2, 0) is 21.4 Å². The number of amides is 2. The van der Waals surface area contributed by atoms with Crippen LogP contribution in [0.1, 0.15) is 28.8 Å². The Morgan fingerprint density at radius 3 is 2.55 bits per heavy atom. The van der Waals surface area contributed by atoms with Crippen molar-refractivity contribution in [3.8, 4) is 0 Å². The Labute approximate surface area is 194 Å². The number of rotatable bonds is 8. The fourth-order valence-electron chi connectivity index (χ4n) is 4.16. The van der Waals surface area contributed by atoms with Crippen molar-refractivity contribution in [3.05, 3.63) is 59.8 Å². The molecule has 1 aromatic carbocycles. The predicted octanol–water partition coefficient (Wildman–Crippen LogP) is 1.09.